The van der Waals surface area contributed by atoms with Gasteiger partial charge < -0.3 is 5.32 Å². The summed E-state index contributed by atoms with van der Waals surface area (Å²) in [5.41, 5.74) is 2.26. The van der Waals surface area contributed by atoms with Gasteiger partial charge in [0.15, 0.2) is 0 Å². The van der Waals surface area contributed by atoms with Crippen LogP contribution >= 0.6 is 15.9 Å². The van der Waals surface area contributed by atoms with Crippen LogP contribution in [-0.2, 0) is 0 Å². The highest BCUT2D eigenvalue weighted by Crippen LogP contribution is 2.22. The van der Waals surface area contributed by atoms with Crippen LogP contribution in [0.3, 0.4) is 0 Å². The molecular formula is C15H21BrN2. The van der Waals surface area contributed by atoms with Crippen molar-refractivity contribution >= 4 is 21.6 Å². The van der Waals surface area contributed by atoms with Crippen molar-refractivity contribution < 1.29 is 0 Å². The lowest BCUT2D eigenvalue weighted by atomic mass is 9.89. The van der Waals surface area contributed by atoms with Crippen LogP contribution in [0.4, 0.5) is 5.69 Å². The molecule has 1 rings (SSSR count). The maximum atomic E-state index is 8.92. The second-order valence-electron chi connectivity index (χ2n) is 5.34. The van der Waals surface area contributed by atoms with Crippen molar-refractivity contribution in [2.45, 2.75) is 40.0 Å². The quantitative estimate of drug-likeness (QED) is 0.759. The van der Waals surface area contributed by atoms with E-state index >= 15 is 0 Å². The molecule has 0 atom stereocenters. The van der Waals surface area contributed by atoms with Crippen molar-refractivity contribution in [1.82, 2.24) is 0 Å². The maximum Gasteiger partial charge on any atom is 0.0683 e. The molecule has 0 radical (unpaired) electrons. The molecule has 0 spiro atoms. The number of hydrogen-bond donors (Lipinski definition) is 1. The van der Waals surface area contributed by atoms with Crippen molar-refractivity contribution in [3.05, 3.63) is 28.2 Å². The highest BCUT2D eigenvalue weighted by atomic mass is 79.9. The Morgan fingerprint density at radius 1 is 1.33 bits per heavy atom. The van der Waals surface area contributed by atoms with E-state index in [0.717, 1.165) is 30.3 Å². The lowest BCUT2D eigenvalue weighted by Crippen LogP contribution is -2.09. The summed E-state index contributed by atoms with van der Waals surface area (Å²) in [7, 11) is 0. The Bertz CT molecular complexity index is 433. The van der Waals surface area contributed by atoms with E-state index in [2.05, 4.69) is 46.4 Å². The lowest BCUT2D eigenvalue weighted by Gasteiger charge is -2.15. The molecule has 98 valence electrons. The number of halogens is 1. The van der Waals surface area contributed by atoms with Gasteiger partial charge in [0.05, 0.1) is 11.5 Å². The van der Waals surface area contributed by atoms with E-state index in [1.165, 1.54) is 11.3 Å². The summed E-state index contributed by atoms with van der Waals surface area (Å²) in [4.78, 5) is 0. The molecule has 0 saturated heterocycles. The SMILES string of the molecule is Cc1cc(Br)ccc1NCCCCC(C)(C)C#N. The van der Waals surface area contributed by atoms with E-state index in [4.69, 9.17) is 5.26 Å². The topological polar surface area (TPSA) is 35.8 Å². The summed E-state index contributed by atoms with van der Waals surface area (Å²) in [5.74, 6) is 0. The standard InChI is InChI=1S/C15H21BrN2/c1-12-10-13(16)6-7-14(12)18-9-5-4-8-15(2,3)11-17/h6-7,10,18H,4-5,8-9H2,1-3H3. The number of nitrogens with zero attached hydrogens (tertiary/aromatic N) is 1. The van der Waals surface area contributed by atoms with Gasteiger partial charge in [0.25, 0.3) is 0 Å². The van der Waals surface area contributed by atoms with Gasteiger partial charge in [-0.25, -0.2) is 0 Å². The number of nitriles is 1. The summed E-state index contributed by atoms with van der Waals surface area (Å²) < 4.78 is 1.11. The van der Waals surface area contributed by atoms with Gasteiger partial charge in [-0.1, -0.05) is 22.4 Å². The Kier molecular flexibility index (Phi) is 5.68. The van der Waals surface area contributed by atoms with Crippen LogP contribution in [0.1, 0.15) is 38.7 Å². The average Bonchev–Trinajstić information content (AvgIpc) is 2.31. The van der Waals surface area contributed by atoms with E-state index < -0.39 is 0 Å². The van der Waals surface area contributed by atoms with E-state index in [1.807, 2.05) is 19.9 Å². The fourth-order valence-electron chi connectivity index (χ4n) is 1.80. The maximum absolute atomic E-state index is 8.92. The van der Waals surface area contributed by atoms with Gasteiger partial charge in [-0.3, -0.25) is 0 Å². The van der Waals surface area contributed by atoms with Gasteiger partial charge in [-0.2, -0.15) is 5.26 Å². The smallest absolute Gasteiger partial charge is 0.0683 e. The molecule has 3 heteroatoms. The second-order valence-corrected chi connectivity index (χ2v) is 6.25. The second kappa shape index (κ2) is 6.80. The molecule has 0 saturated carbocycles. The third kappa shape index (κ3) is 5.10. The Balaban J connectivity index is 2.29. The number of unbranched alkanes of at least 4 members (excludes halogenated alkanes) is 1. The van der Waals surface area contributed by atoms with Crippen molar-refractivity contribution in [2.24, 2.45) is 5.41 Å². The fraction of sp³-hybridized carbons (Fsp3) is 0.533. The molecule has 0 aliphatic heterocycles. The number of nitrogens with one attached hydrogen (secondary N) is 1. The van der Waals surface area contributed by atoms with Crippen LogP contribution in [0, 0.1) is 23.7 Å². The molecule has 18 heavy (non-hydrogen) atoms. The van der Waals surface area contributed by atoms with Gasteiger partial charge in [-0.05, 0) is 57.4 Å². The molecule has 0 amide bonds. The summed E-state index contributed by atoms with van der Waals surface area (Å²) >= 11 is 3.46. The van der Waals surface area contributed by atoms with E-state index in [0.29, 0.717) is 0 Å². The molecule has 0 aromatic heterocycles. The number of hydrogen-bond acceptors (Lipinski definition) is 2. The Morgan fingerprint density at radius 3 is 2.67 bits per heavy atom. The molecule has 0 unspecified atom stereocenters. The zero-order valence-corrected chi connectivity index (χ0v) is 13.0. The minimum absolute atomic E-state index is 0.187. The highest BCUT2D eigenvalue weighted by molar-refractivity contribution is 9.10. The average molecular weight is 309 g/mol. The molecule has 0 aliphatic carbocycles. The molecule has 2 nitrogen and oxygen atoms in total. The Morgan fingerprint density at radius 2 is 2.06 bits per heavy atom. The van der Waals surface area contributed by atoms with Gasteiger partial charge >= 0.3 is 0 Å². The molecule has 1 aromatic rings. The first-order valence-corrected chi connectivity index (χ1v) is 7.15. The molecule has 1 aromatic carbocycles. The summed E-state index contributed by atoms with van der Waals surface area (Å²) in [6.07, 6.45) is 3.15. The number of rotatable bonds is 6. The summed E-state index contributed by atoms with van der Waals surface area (Å²) in [6, 6.07) is 8.60. The fourth-order valence-corrected chi connectivity index (χ4v) is 2.27. The van der Waals surface area contributed by atoms with Gasteiger partial charge in [0.1, 0.15) is 0 Å². The van der Waals surface area contributed by atoms with Crippen LogP contribution in [0.2, 0.25) is 0 Å². The first-order valence-electron chi connectivity index (χ1n) is 6.36. The van der Waals surface area contributed by atoms with Gasteiger partial charge in [0, 0.05) is 16.7 Å². The van der Waals surface area contributed by atoms with E-state index in [1.54, 1.807) is 0 Å². The van der Waals surface area contributed by atoms with Crippen molar-refractivity contribution in [1.29, 1.82) is 5.26 Å². The largest absolute Gasteiger partial charge is 0.385 e. The molecule has 0 bridgehead atoms. The Labute approximate surface area is 119 Å². The highest BCUT2D eigenvalue weighted by Gasteiger charge is 2.15. The molecular weight excluding hydrogens is 288 g/mol. The first-order chi connectivity index (χ1) is 8.44. The van der Waals surface area contributed by atoms with E-state index in [-0.39, 0.29) is 5.41 Å². The predicted octanol–water partition coefficient (Wildman–Crippen LogP) is 4.89. The zero-order chi connectivity index (χ0) is 13.6. The van der Waals surface area contributed by atoms with Crippen molar-refractivity contribution in [2.75, 3.05) is 11.9 Å². The van der Waals surface area contributed by atoms with Crippen LogP contribution in [0.25, 0.3) is 0 Å². The molecule has 0 heterocycles. The monoisotopic (exact) mass is 308 g/mol. The molecule has 0 aliphatic rings. The number of benzene rings is 1. The number of anilines is 1. The minimum atomic E-state index is -0.187. The van der Waals surface area contributed by atoms with Crippen LogP contribution in [0.5, 0.6) is 0 Å². The van der Waals surface area contributed by atoms with E-state index in [9.17, 15) is 0 Å². The third-order valence-corrected chi connectivity index (χ3v) is 3.53. The summed E-state index contributed by atoms with van der Waals surface area (Å²) in [6.45, 7) is 7.06. The molecule has 1 N–H and O–H groups in total. The van der Waals surface area contributed by atoms with Crippen molar-refractivity contribution in [3.63, 3.8) is 0 Å². The normalized spacial score (nSPS) is 11.1. The zero-order valence-electron chi connectivity index (χ0n) is 11.4. The van der Waals surface area contributed by atoms with Crippen LogP contribution in [0.15, 0.2) is 22.7 Å². The predicted molar refractivity (Wildman–Crippen MR) is 80.6 cm³/mol. The van der Waals surface area contributed by atoms with Gasteiger partial charge in [0.2, 0.25) is 0 Å². The van der Waals surface area contributed by atoms with Gasteiger partial charge in [-0.15, -0.1) is 0 Å². The van der Waals surface area contributed by atoms with Crippen LogP contribution in [-0.4, -0.2) is 6.54 Å². The minimum Gasteiger partial charge on any atom is -0.385 e. The first kappa shape index (κ1) is 15.0. The Hall–Kier alpha value is -1.01. The number of aryl methyl sites for hydroxylation is 1. The summed E-state index contributed by atoms with van der Waals surface area (Å²) in [5, 5.41) is 12.4. The van der Waals surface area contributed by atoms with Crippen molar-refractivity contribution in [3.8, 4) is 6.07 Å². The van der Waals surface area contributed by atoms with Crippen LogP contribution < -0.4 is 5.32 Å². The molecule has 0 fully saturated rings. The lowest BCUT2D eigenvalue weighted by molar-refractivity contribution is 0.430. The third-order valence-electron chi connectivity index (χ3n) is 3.04.